The molecule has 1 amide bonds. The van der Waals surface area contributed by atoms with Gasteiger partial charge in [0.1, 0.15) is 0 Å². The highest BCUT2D eigenvalue weighted by Gasteiger charge is 2.23. The molecule has 2 nitrogen and oxygen atoms in total. The molecule has 1 rings (SSSR count). The minimum absolute atomic E-state index is 0.287. The molecule has 1 heterocycles. The van der Waals surface area contributed by atoms with Gasteiger partial charge in [-0.1, -0.05) is 19.1 Å². The summed E-state index contributed by atoms with van der Waals surface area (Å²) in [7, 11) is 0. The molecular formula is C11H19NO. The lowest BCUT2D eigenvalue weighted by Crippen LogP contribution is -2.32. The largest absolute Gasteiger partial charge is 0.340 e. The maximum Gasteiger partial charge on any atom is 0.226 e. The lowest BCUT2D eigenvalue weighted by Gasteiger charge is -2.20. The van der Waals surface area contributed by atoms with E-state index in [-0.39, 0.29) is 5.91 Å². The molecular weight excluding hydrogens is 162 g/mol. The third kappa shape index (κ3) is 2.87. The zero-order valence-corrected chi connectivity index (χ0v) is 8.62. The molecule has 1 saturated heterocycles. The topological polar surface area (TPSA) is 20.3 Å². The van der Waals surface area contributed by atoms with Crippen LogP contribution in [0.2, 0.25) is 0 Å². The highest BCUT2D eigenvalue weighted by Crippen LogP contribution is 2.17. The van der Waals surface area contributed by atoms with Crippen LogP contribution >= 0.6 is 0 Å². The average molecular weight is 181 g/mol. The van der Waals surface area contributed by atoms with Gasteiger partial charge in [0.25, 0.3) is 0 Å². The molecule has 1 fully saturated rings. The molecule has 0 bridgehead atoms. The van der Waals surface area contributed by atoms with Crippen LogP contribution in [0.1, 0.15) is 39.5 Å². The Kier molecular flexibility index (Phi) is 4.00. The number of amides is 1. The SMILES string of the molecule is CC/C=C\CC(=O)N1CCCC1C. The Morgan fingerprint density at radius 2 is 2.31 bits per heavy atom. The van der Waals surface area contributed by atoms with Crippen molar-refractivity contribution in [2.24, 2.45) is 0 Å². The summed E-state index contributed by atoms with van der Waals surface area (Å²) >= 11 is 0. The van der Waals surface area contributed by atoms with E-state index in [1.807, 2.05) is 11.0 Å². The molecule has 0 aliphatic carbocycles. The van der Waals surface area contributed by atoms with Gasteiger partial charge in [0.05, 0.1) is 0 Å². The Labute approximate surface area is 80.6 Å². The van der Waals surface area contributed by atoms with Gasteiger partial charge in [0, 0.05) is 19.0 Å². The van der Waals surface area contributed by atoms with Crippen molar-refractivity contribution in [2.45, 2.75) is 45.6 Å². The summed E-state index contributed by atoms with van der Waals surface area (Å²) in [5.74, 6) is 0.287. The van der Waals surface area contributed by atoms with Crippen molar-refractivity contribution >= 4 is 5.91 Å². The number of nitrogens with zero attached hydrogens (tertiary/aromatic N) is 1. The second-order valence-electron chi connectivity index (χ2n) is 3.66. The van der Waals surface area contributed by atoms with Gasteiger partial charge in [-0.2, -0.15) is 0 Å². The lowest BCUT2D eigenvalue weighted by molar-refractivity contribution is -0.130. The van der Waals surface area contributed by atoms with Gasteiger partial charge in [-0.15, -0.1) is 0 Å². The highest BCUT2D eigenvalue weighted by molar-refractivity contribution is 5.78. The summed E-state index contributed by atoms with van der Waals surface area (Å²) in [5, 5.41) is 0. The van der Waals surface area contributed by atoms with Crippen LogP contribution in [0.25, 0.3) is 0 Å². The number of carbonyl (C=O) groups is 1. The fraction of sp³-hybridized carbons (Fsp3) is 0.727. The van der Waals surface area contributed by atoms with E-state index in [2.05, 4.69) is 19.9 Å². The van der Waals surface area contributed by atoms with E-state index in [0.717, 1.165) is 13.0 Å². The summed E-state index contributed by atoms with van der Waals surface area (Å²) in [5.41, 5.74) is 0. The van der Waals surface area contributed by atoms with E-state index in [1.54, 1.807) is 0 Å². The van der Waals surface area contributed by atoms with E-state index in [0.29, 0.717) is 12.5 Å². The fourth-order valence-corrected chi connectivity index (χ4v) is 1.77. The van der Waals surface area contributed by atoms with Crippen molar-refractivity contribution in [3.63, 3.8) is 0 Å². The minimum atomic E-state index is 0.287. The van der Waals surface area contributed by atoms with Crippen molar-refractivity contribution in [1.82, 2.24) is 4.90 Å². The molecule has 0 radical (unpaired) electrons. The van der Waals surface area contributed by atoms with Crippen LogP contribution in [0.3, 0.4) is 0 Å². The molecule has 1 atom stereocenters. The smallest absolute Gasteiger partial charge is 0.226 e. The predicted molar refractivity (Wildman–Crippen MR) is 54.5 cm³/mol. The average Bonchev–Trinajstić information content (AvgIpc) is 2.52. The molecule has 0 N–H and O–H groups in total. The molecule has 2 heteroatoms. The van der Waals surface area contributed by atoms with E-state index in [9.17, 15) is 4.79 Å². The van der Waals surface area contributed by atoms with Crippen molar-refractivity contribution in [3.05, 3.63) is 12.2 Å². The first kappa shape index (κ1) is 10.3. The highest BCUT2D eigenvalue weighted by atomic mass is 16.2. The first-order chi connectivity index (χ1) is 6.25. The Morgan fingerprint density at radius 1 is 1.54 bits per heavy atom. The van der Waals surface area contributed by atoms with Crippen molar-refractivity contribution in [1.29, 1.82) is 0 Å². The number of carbonyl (C=O) groups excluding carboxylic acids is 1. The summed E-state index contributed by atoms with van der Waals surface area (Å²) in [4.78, 5) is 13.6. The number of allylic oxidation sites excluding steroid dienone is 1. The molecule has 0 aromatic carbocycles. The molecule has 0 aromatic rings. The van der Waals surface area contributed by atoms with Gasteiger partial charge in [0.15, 0.2) is 0 Å². The second kappa shape index (κ2) is 5.05. The molecule has 1 aliphatic heterocycles. The van der Waals surface area contributed by atoms with Gasteiger partial charge >= 0.3 is 0 Å². The number of hydrogen-bond donors (Lipinski definition) is 0. The van der Waals surface area contributed by atoms with Crippen molar-refractivity contribution in [2.75, 3.05) is 6.54 Å². The van der Waals surface area contributed by atoms with E-state index >= 15 is 0 Å². The number of likely N-dealkylation sites (tertiary alicyclic amines) is 1. The van der Waals surface area contributed by atoms with E-state index in [4.69, 9.17) is 0 Å². The third-order valence-corrected chi connectivity index (χ3v) is 2.57. The van der Waals surface area contributed by atoms with Crippen LogP contribution in [0.4, 0.5) is 0 Å². The maximum absolute atomic E-state index is 11.6. The summed E-state index contributed by atoms with van der Waals surface area (Å²) < 4.78 is 0. The lowest BCUT2D eigenvalue weighted by atomic mass is 10.2. The molecule has 0 saturated carbocycles. The summed E-state index contributed by atoms with van der Waals surface area (Å²) in [6.45, 7) is 5.17. The Morgan fingerprint density at radius 3 is 2.85 bits per heavy atom. The standard InChI is InChI=1S/C11H19NO/c1-3-4-5-8-11(13)12-9-6-7-10(12)2/h4-5,10H,3,6-9H2,1-2H3/b5-4-. The Balaban J connectivity index is 2.34. The fourth-order valence-electron chi connectivity index (χ4n) is 1.77. The quantitative estimate of drug-likeness (QED) is 0.612. The first-order valence-corrected chi connectivity index (χ1v) is 5.20. The van der Waals surface area contributed by atoms with Gasteiger partial charge in [-0.25, -0.2) is 0 Å². The normalized spacial score (nSPS) is 22.9. The van der Waals surface area contributed by atoms with E-state index < -0.39 is 0 Å². The molecule has 0 spiro atoms. The van der Waals surface area contributed by atoms with Crippen LogP contribution in [-0.4, -0.2) is 23.4 Å². The molecule has 1 unspecified atom stereocenters. The van der Waals surface area contributed by atoms with Crippen molar-refractivity contribution < 1.29 is 4.79 Å². The number of rotatable bonds is 3. The number of hydrogen-bond acceptors (Lipinski definition) is 1. The van der Waals surface area contributed by atoms with Crippen LogP contribution in [0.5, 0.6) is 0 Å². The summed E-state index contributed by atoms with van der Waals surface area (Å²) in [6, 6.07) is 0.461. The Hall–Kier alpha value is -0.790. The van der Waals surface area contributed by atoms with Crippen LogP contribution in [0, 0.1) is 0 Å². The van der Waals surface area contributed by atoms with Gasteiger partial charge in [0.2, 0.25) is 5.91 Å². The van der Waals surface area contributed by atoms with Crippen LogP contribution in [0.15, 0.2) is 12.2 Å². The second-order valence-corrected chi connectivity index (χ2v) is 3.66. The minimum Gasteiger partial charge on any atom is -0.340 e. The first-order valence-electron chi connectivity index (χ1n) is 5.20. The Bertz CT molecular complexity index is 198. The van der Waals surface area contributed by atoms with Gasteiger partial charge < -0.3 is 4.90 Å². The molecule has 0 aromatic heterocycles. The zero-order valence-electron chi connectivity index (χ0n) is 8.62. The molecule has 13 heavy (non-hydrogen) atoms. The summed E-state index contributed by atoms with van der Waals surface area (Å²) in [6.07, 6.45) is 7.97. The van der Waals surface area contributed by atoms with Gasteiger partial charge in [-0.05, 0) is 26.2 Å². The van der Waals surface area contributed by atoms with E-state index in [1.165, 1.54) is 12.8 Å². The predicted octanol–water partition coefficient (Wildman–Crippen LogP) is 2.35. The third-order valence-electron chi connectivity index (χ3n) is 2.57. The molecule has 74 valence electrons. The molecule has 1 aliphatic rings. The van der Waals surface area contributed by atoms with Crippen molar-refractivity contribution in [3.8, 4) is 0 Å². The van der Waals surface area contributed by atoms with Crippen LogP contribution < -0.4 is 0 Å². The maximum atomic E-state index is 11.6. The monoisotopic (exact) mass is 181 g/mol. The zero-order chi connectivity index (χ0) is 9.68. The van der Waals surface area contributed by atoms with Crippen LogP contribution in [-0.2, 0) is 4.79 Å². The van der Waals surface area contributed by atoms with Gasteiger partial charge in [-0.3, -0.25) is 4.79 Å².